The predicted molar refractivity (Wildman–Crippen MR) is 149 cm³/mol. The van der Waals surface area contributed by atoms with Crippen LogP contribution in [0.1, 0.15) is 47.4 Å². The van der Waals surface area contributed by atoms with E-state index in [2.05, 4.69) is 101 Å². The van der Waals surface area contributed by atoms with Crippen molar-refractivity contribution < 1.29 is 13.1 Å². The van der Waals surface area contributed by atoms with Gasteiger partial charge in [0.05, 0.1) is 28.3 Å². The standard InChI is InChI=1S/C29H29N3.2ClH.Fe/c1-18-10-7-11-19(2)27(18)30-22(5)25-15-9-14-24-16-17-26(32-29(24)25)23(6)31-28-20(3)12-8-13-21(28)4;;;/h7-17H,1-6H3;2*1H;/q;;;+2/p-2. The van der Waals surface area contributed by atoms with Crippen molar-refractivity contribution in [3.8, 4) is 0 Å². The summed E-state index contributed by atoms with van der Waals surface area (Å²) in [5.41, 5.74) is 11.5. The van der Waals surface area contributed by atoms with E-state index in [9.17, 15) is 0 Å². The van der Waals surface area contributed by atoms with E-state index < -0.39 is 0 Å². The number of halogens is 2. The van der Waals surface area contributed by atoms with Gasteiger partial charge in [0.15, 0.2) is 0 Å². The normalized spacial score (nSPS) is 12.0. The molecule has 0 radical (unpaired) electrons. The average Bonchev–Trinajstić information content (AvgIpc) is 2.83. The van der Waals surface area contributed by atoms with Gasteiger partial charge in [0.1, 0.15) is 0 Å². The Labute approximate surface area is 223 Å². The first-order chi connectivity index (χ1) is 16.8. The molecule has 0 aliphatic carbocycles. The number of hydrogen-bond donors (Lipinski definition) is 0. The van der Waals surface area contributed by atoms with Gasteiger partial charge in [-0.05, 0) is 69.9 Å². The van der Waals surface area contributed by atoms with Gasteiger partial charge in [0, 0.05) is 16.7 Å². The number of rotatable bonds is 4. The van der Waals surface area contributed by atoms with Crippen molar-refractivity contribution in [1.29, 1.82) is 0 Å². The van der Waals surface area contributed by atoms with Crippen molar-refractivity contribution >= 4 is 53.9 Å². The zero-order valence-electron chi connectivity index (χ0n) is 20.8. The van der Waals surface area contributed by atoms with Gasteiger partial charge in [0.2, 0.25) is 0 Å². The molecule has 0 N–H and O–H groups in total. The van der Waals surface area contributed by atoms with Crippen LogP contribution in [0, 0.1) is 27.7 Å². The fourth-order valence-electron chi connectivity index (χ4n) is 4.06. The number of nitrogens with zero attached hydrogens (tertiary/aromatic N) is 3. The summed E-state index contributed by atoms with van der Waals surface area (Å²) in [5.74, 6) is 0. The van der Waals surface area contributed by atoms with Crippen LogP contribution in [0.5, 0.6) is 0 Å². The van der Waals surface area contributed by atoms with Gasteiger partial charge in [0.25, 0.3) is 0 Å². The van der Waals surface area contributed by atoms with E-state index in [4.69, 9.17) is 35.2 Å². The zero-order valence-corrected chi connectivity index (χ0v) is 23.4. The van der Waals surface area contributed by atoms with Crippen LogP contribution in [0.4, 0.5) is 11.4 Å². The summed E-state index contributed by atoms with van der Waals surface area (Å²) in [7, 11) is 9.53. The summed E-state index contributed by atoms with van der Waals surface area (Å²) in [4.78, 5) is 14.9. The number of aryl methyl sites for hydroxylation is 4. The molecule has 0 spiro atoms. The van der Waals surface area contributed by atoms with Gasteiger partial charge < -0.3 is 0 Å². The molecular weight excluding hydrogens is 517 g/mol. The van der Waals surface area contributed by atoms with Gasteiger partial charge >= 0.3 is 33.3 Å². The molecule has 182 valence electrons. The van der Waals surface area contributed by atoms with Gasteiger partial charge in [-0.15, -0.1) is 0 Å². The van der Waals surface area contributed by atoms with Crippen LogP contribution in [0.25, 0.3) is 10.9 Å². The maximum atomic E-state index is 5.03. The van der Waals surface area contributed by atoms with Crippen molar-refractivity contribution in [2.75, 3.05) is 0 Å². The molecule has 3 aromatic carbocycles. The first-order valence-corrected chi connectivity index (χ1v) is 14.3. The summed E-state index contributed by atoms with van der Waals surface area (Å²) in [6, 6.07) is 23.0. The Kier molecular flexibility index (Phi) is 9.65. The SMILES string of the molecule is CC(=Nc1c(C)cccc1C)c1ccc2cccc(C(C)=Nc3c(C)cccc3C)c2n1.[Cl][Fe][Cl]. The number of aromatic nitrogens is 1. The van der Waals surface area contributed by atoms with Crippen LogP contribution in [0.15, 0.2) is 76.7 Å². The average molecular weight is 546 g/mol. The van der Waals surface area contributed by atoms with E-state index >= 15 is 0 Å². The Balaban J connectivity index is 0.00000108. The molecular formula is C29H29Cl2FeN3. The monoisotopic (exact) mass is 545 g/mol. The van der Waals surface area contributed by atoms with Gasteiger partial charge in [-0.1, -0.05) is 60.7 Å². The quantitative estimate of drug-likeness (QED) is 0.186. The molecule has 6 heteroatoms. The molecule has 3 nitrogen and oxygen atoms in total. The molecule has 4 rings (SSSR count). The molecule has 0 aliphatic heterocycles. The summed E-state index contributed by atoms with van der Waals surface area (Å²) < 4.78 is 0. The van der Waals surface area contributed by atoms with Gasteiger partial charge in [-0.3, -0.25) is 9.98 Å². The van der Waals surface area contributed by atoms with Crippen LogP contribution in [0.3, 0.4) is 0 Å². The number of para-hydroxylation sites is 3. The Morgan fingerprint density at radius 2 is 1.11 bits per heavy atom. The van der Waals surface area contributed by atoms with Gasteiger partial charge in [-0.25, -0.2) is 4.98 Å². The third-order valence-corrected chi connectivity index (χ3v) is 5.92. The van der Waals surface area contributed by atoms with Crippen LogP contribution in [0.2, 0.25) is 0 Å². The molecule has 4 aromatic rings. The molecule has 35 heavy (non-hydrogen) atoms. The molecule has 0 saturated heterocycles. The second kappa shape index (κ2) is 12.5. The third-order valence-electron chi connectivity index (χ3n) is 5.92. The second-order valence-electron chi connectivity index (χ2n) is 8.50. The fourth-order valence-corrected chi connectivity index (χ4v) is 4.06. The Morgan fingerprint density at radius 1 is 0.657 bits per heavy atom. The van der Waals surface area contributed by atoms with Crippen molar-refractivity contribution in [3.05, 3.63) is 100 Å². The molecule has 1 aromatic heterocycles. The van der Waals surface area contributed by atoms with Crippen molar-refractivity contribution in [1.82, 2.24) is 4.98 Å². The first kappa shape index (κ1) is 27.1. The Morgan fingerprint density at radius 3 is 1.63 bits per heavy atom. The number of benzene rings is 3. The first-order valence-electron chi connectivity index (χ1n) is 11.3. The Bertz CT molecular complexity index is 1370. The summed E-state index contributed by atoms with van der Waals surface area (Å²) in [6.45, 7) is 12.5. The number of pyridine rings is 1. The van der Waals surface area contributed by atoms with Crippen molar-refractivity contribution in [2.45, 2.75) is 41.5 Å². The molecule has 0 amide bonds. The zero-order chi connectivity index (χ0) is 25.5. The minimum atomic E-state index is 0.194. The summed E-state index contributed by atoms with van der Waals surface area (Å²) >= 11 is 0.194. The summed E-state index contributed by atoms with van der Waals surface area (Å²) in [5, 5.41) is 1.10. The molecule has 0 atom stereocenters. The van der Waals surface area contributed by atoms with E-state index in [1.807, 2.05) is 6.92 Å². The fraction of sp³-hybridized carbons (Fsp3) is 0.207. The molecule has 1 heterocycles. The maximum absolute atomic E-state index is 5.03. The van der Waals surface area contributed by atoms with Crippen molar-refractivity contribution in [3.63, 3.8) is 0 Å². The van der Waals surface area contributed by atoms with E-state index in [0.717, 1.165) is 45.0 Å². The second-order valence-corrected chi connectivity index (χ2v) is 10.3. The minimum absolute atomic E-state index is 0.194. The van der Waals surface area contributed by atoms with Crippen LogP contribution in [-0.4, -0.2) is 16.4 Å². The van der Waals surface area contributed by atoms with Crippen molar-refractivity contribution in [2.24, 2.45) is 9.98 Å². The van der Waals surface area contributed by atoms with E-state index in [1.54, 1.807) is 0 Å². The molecule has 0 saturated carbocycles. The van der Waals surface area contributed by atoms with E-state index in [-0.39, 0.29) is 13.1 Å². The molecule has 0 unspecified atom stereocenters. The molecule has 0 fully saturated rings. The third kappa shape index (κ3) is 6.59. The van der Waals surface area contributed by atoms with Crippen LogP contribution >= 0.6 is 20.2 Å². The topological polar surface area (TPSA) is 37.6 Å². The van der Waals surface area contributed by atoms with E-state index in [1.165, 1.54) is 22.3 Å². The number of fused-ring (bicyclic) bond motifs is 1. The Hall–Kier alpha value is -2.49. The van der Waals surface area contributed by atoms with Crippen LogP contribution in [-0.2, 0) is 13.1 Å². The van der Waals surface area contributed by atoms with Gasteiger partial charge in [-0.2, -0.15) is 0 Å². The predicted octanol–water partition coefficient (Wildman–Crippen LogP) is 9.13. The van der Waals surface area contributed by atoms with E-state index in [0.29, 0.717) is 0 Å². The molecule has 0 aliphatic rings. The summed E-state index contributed by atoms with van der Waals surface area (Å²) in [6.07, 6.45) is 0. The molecule has 0 bridgehead atoms. The van der Waals surface area contributed by atoms with Crippen LogP contribution < -0.4 is 0 Å². The number of aliphatic imine (C=N–C) groups is 2. The number of hydrogen-bond acceptors (Lipinski definition) is 3.